The van der Waals surface area contributed by atoms with Gasteiger partial charge < -0.3 is 19.3 Å². The molecule has 0 fully saturated rings. The zero-order valence-corrected chi connectivity index (χ0v) is 15.9. The van der Waals surface area contributed by atoms with Gasteiger partial charge in [0.05, 0.1) is 48.2 Å². The van der Waals surface area contributed by atoms with Gasteiger partial charge in [-0.05, 0) is 19.3 Å². The van der Waals surface area contributed by atoms with Crippen LogP contribution in [0, 0.1) is 5.41 Å². The Morgan fingerprint density at radius 3 is 1.24 bits per heavy atom. The van der Waals surface area contributed by atoms with Crippen LogP contribution in [0.1, 0.15) is 40.0 Å². The first-order valence-corrected chi connectivity index (χ1v) is 8.97. The molecule has 3 unspecified atom stereocenters. The van der Waals surface area contributed by atoms with Crippen molar-refractivity contribution in [3.63, 3.8) is 0 Å². The average Bonchev–Trinajstić information content (AvgIpc) is 2.53. The largest absolute Gasteiger partial charge is 0.396 e. The summed E-state index contributed by atoms with van der Waals surface area (Å²) in [4.78, 5) is 0. The van der Waals surface area contributed by atoms with Gasteiger partial charge in [0.15, 0.2) is 0 Å². The molecule has 0 aromatic rings. The average molecular weight is 359 g/mol. The summed E-state index contributed by atoms with van der Waals surface area (Å²) < 4.78 is 17.0. The Balaban J connectivity index is 4.65. The summed E-state index contributed by atoms with van der Waals surface area (Å²) in [6.45, 7) is 6.85. The lowest BCUT2D eigenvalue weighted by atomic mass is 9.92. The van der Waals surface area contributed by atoms with Crippen molar-refractivity contribution in [2.24, 2.45) is 5.41 Å². The van der Waals surface area contributed by atoms with Crippen molar-refractivity contribution in [1.29, 1.82) is 0 Å². The van der Waals surface area contributed by atoms with Crippen LogP contribution in [0.25, 0.3) is 0 Å². The Bertz CT molecular complexity index is 220. The molecule has 0 aliphatic heterocycles. The highest BCUT2D eigenvalue weighted by molar-refractivity contribution is 7.81. The molecular weight excluding hydrogens is 328 g/mol. The molecule has 0 aliphatic rings. The number of hydrogen-bond donors (Lipinski definition) is 4. The molecule has 7 heteroatoms. The van der Waals surface area contributed by atoms with Crippen LogP contribution in [0.2, 0.25) is 0 Å². The molecule has 0 radical (unpaired) electrons. The quantitative estimate of drug-likeness (QED) is 0.302. The lowest BCUT2D eigenvalue weighted by molar-refractivity contribution is -0.104. The van der Waals surface area contributed by atoms with E-state index in [4.69, 9.17) is 14.2 Å². The molecule has 0 spiro atoms. The Morgan fingerprint density at radius 1 is 0.762 bits per heavy atom. The van der Waals surface area contributed by atoms with Gasteiger partial charge in [-0.15, -0.1) is 37.9 Å². The molecule has 1 N–H and O–H groups in total. The second kappa shape index (κ2) is 12.3. The van der Waals surface area contributed by atoms with Crippen molar-refractivity contribution in [2.75, 3.05) is 26.4 Å². The highest BCUT2D eigenvalue weighted by Crippen LogP contribution is 2.24. The topological polar surface area (TPSA) is 47.9 Å². The molecule has 0 saturated heterocycles. The third kappa shape index (κ3) is 9.58. The smallest absolute Gasteiger partial charge is 0.0997 e. The van der Waals surface area contributed by atoms with Crippen LogP contribution in [0.3, 0.4) is 0 Å². The fourth-order valence-corrected chi connectivity index (χ4v) is 1.66. The van der Waals surface area contributed by atoms with E-state index in [1.807, 2.05) is 20.8 Å². The summed E-state index contributed by atoms with van der Waals surface area (Å²) in [5, 5.41) is 9.82. The molecule has 0 aliphatic carbocycles. The highest BCUT2D eigenvalue weighted by Gasteiger charge is 2.33. The van der Waals surface area contributed by atoms with Gasteiger partial charge in [0.2, 0.25) is 0 Å². The van der Waals surface area contributed by atoms with Gasteiger partial charge in [-0.25, -0.2) is 0 Å². The van der Waals surface area contributed by atoms with Gasteiger partial charge in [-0.2, -0.15) is 0 Å². The van der Waals surface area contributed by atoms with Gasteiger partial charge >= 0.3 is 0 Å². The highest BCUT2D eigenvalue weighted by atomic mass is 32.1. The van der Waals surface area contributed by atoms with Crippen molar-refractivity contribution in [3.05, 3.63) is 0 Å². The third-order valence-electron chi connectivity index (χ3n) is 3.13. The SMILES string of the molecule is CCC(S)OCC(CO)(COC(S)CC)COC(S)CC. The third-order valence-corrected chi connectivity index (χ3v) is 4.67. The van der Waals surface area contributed by atoms with Crippen LogP contribution in [-0.4, -0.2) is 47.8 Å². The zero-order valence-electron chi connectivity index (χ0n) is 13.2. The number of rotatable bonds is 13. The maximum atomic E-state index is 9.82. The number of ether oxygens (including phenoxy) is 3. The molecule has 4 nitrogen and oxygen atoms in total. The molecule has 3 atom stereocenters. The van der Waals surface area contributed by atoms with Crippen molar-refractivity contribution in [1.82, 2.24) is 0 Å². The monoisotopic (exact) mass is 358 g/mol. The first kappa shape index (κ1) is 21.9. The van der Waals surface area contributed by atoms with E-state index in [-0.39, 0.29) is 22.9 Å². The standard InChI is InChI=1S/C14H30O4S3/c1-4-11(19)16-8-14(7-15,9-17-12(20)5-2)10-18-13(21)6-3/h11-13,15,19-21H,4-10H2,1-3H3. The molecule has 0 saturated carbocycles. The molecular formula is C14H30O4S3. The summed E-state index contributed by atoms with van der Waals surface area (Å²) in [5.74, 6) is 0. The van der Waals surface area contributed by atoms with Crippen LogP contribution in [0.15, 0.2) is 0 Å². The molecule has 21 heavy (non-hydrogen) atoms. The second-order valence-corrected chi connectivity index (χ2v) is 6.91. The maximum Gasteiger partial charge on any atom is 0.0997 e. The van der Waals surface area contributed by atoms with Crippen molar-refractivity contribution < 1.29 is 19.3 Å². The molecule has 0 heterocycles. The summed E-state index contributed by atoms with van der Waals surface area (Å²) in [7, 11) is 0. The van der Waals surface area contributed by atoms with Gasteiger partial charge in [0, 0.05) is 0 Å². The number of aliphatic hydroxyl groups excluding tert-OH is 1. The lowest BCUT2D eigenvalue weighted by Gasteiger charge is -2.33. The predicted octanol–water partition coefficient (Wildman–Crippen LogP) is 3.01. The molecule has 0 bridgehead atoms. The minimum Gasteiger partial charge on any atom is -0.396 e. The van der Waals surface area contributed by atoms with Crippen LogP contribution in [0.5, 0.6) is 0 Å². The molecule has 0 rings (SSSR count). The first-order chi connectivity index (χ1) is 9.92. The van der Waals surface area contributed by atoms with Crippen LogP contribution < -0.4 is 0 Å². The number of thiol groups is 3. The Hall–Kier alpha value is 0.890. The Kier molecular flexibility index (Phi) is 12.9. The van der Waals surface area contributed by atoms with E-state index in [2.05, 4.69) is 37.9 Å². The summed E-state index contributed by atoms with van der Waals surface area (Å²) >= 11 is 13.0. The summed E-state index contributed by atoms with van der Waals surface area (Å²) in [6, 6.07) is 0. The zero-order chi connectivity index (χ0) is 16.3. The van der Waals surface area contributed by atoms with E-state index in [0.29, 0.717) is 19.8 Å². The van der Waals surface area contributed by atoms with E-state index in [9.17, 15) is 5.11 Å². The van der Waals surface area contributed by atoms with E-state index in [1.54, 1.807) is 0 Å². The van der Waals surface area contributed by atoms with Crippen molar-refractivity contribution in [2.45, 2.75) is 56.3 Å². The second-order valence-electron chi connectivity index (χ2n) is 5.18. The van der Waals surface area contributed by atoms with Crippen LogP contribution >= 0.6 is 37.9 Å². The Morgan fingerprint density at radius 2 is 1.05 bits per heavy atom. The minimum atomic E-state index is -0.623. The van der Waals surface area contributed by atoms with Gasteiger partial charge in [0.1, 0.15) is 0 Å². The van der Waals surface area contributed by atoms with Gasteiger partial charge in [-0.3, -0.25) is 0 Å². The summed E-state index contributed by atoms with van der Waals surface area (Å²) in [5.41, 5.74) is -1.10. The van der Waals surface area contributed by atoms with Crippen molar-refractivity contribution >= 4 is 37.9 Å². The fourth-order valence-electron chi connectivity index (χ4n) is 1.43. The van der Waals surface area contributed by atoms with Crippen molar-refractivity contribution in [3.8, 4) is 0 Å². The fraction of sp³-hybridized carbons (Fsp3) is 1.00. The predicted molar refractivity (Wildman–Crippen MR) is 96.6 cm³/mol. The summed E-state index contributed by atoms with van der Waals surface area (Å²) in [6.07, 6.45) is 2.38. The normalized spacial score (nSPS) is 19.0. The number of hydrogen-bond acceptors (Lipinski definition) is 7. The molecule has 0 aromatic heterocycles. The first-order valence-electron chi connectivity index (χ1n) is 7.42. The molecule has 0 aromatic carbocycles. The van der Waals surface area contributed by atoms with E-state index >= 15 is 0 Å². The molecule has 0 amide bonds. The van der Waals surface area contributed by atoms with E-state index in [1.165, 1.54) is 0 Å². The maximum absolute atomic E-state index is 9.82. The molecule has 128 valence electrons. The number of aliphatic hydroxyl groups is 1. The van der Waals surface area contributed by atoms with Gasteiger partial charge in [0.25, 0.3) is 0 Å². The van der Waals surface area contributed by atoms with Gasteiger partial charge in [-0.1, -0.05) is 20.8 Å². The minimum absolute atomic E-state index is 0.0916. The van der Waals surface area contributed by atoms with Crippen LogP contribution in [-0.2, 0) is 14.2 Å². The van der Waals surface area contributed by atoms with E-state index < -0.39 is 5.41 Å². The Labute approximate surface area is 145 Å². The van der Waals surface area contributed by atoms with E-state index in [0.717, 1.165) is 19.3 Å². The lowest BCUT2D eigenvalue weighted by Crippen LogP contribution is -2.42. The van der Waals surface area contributed by atoms with Crippen LogP contribution in [0.4, 0.5) is 0 Å².